The van der Waals surface area contributed by atoms with Crippen LogP contribution < -0.4 is 9.47 Å². The number of carbonyl (C=O) groups is 1. The van der Waals surface area contributed by atoms with Crippen LogP contribution in [0.15, 0.2) is 18.2 Å². The molecule has 0 bridgehead atoms. The van der Waals surface area contributed by atoms with E-state index in [9.17, 15) is 4.79 Å². The van der Waals surface area contributed by atoms with E-state index in [0.717, 1.165) is 0 Å². The zero-order valence-corrected chi connectivity index (χ0v) is 14.4. The third kappa shape index (κ3) is 3.49. The van der Waals surface area contributed by atoms with Gasteiger partial charge in [0.05, 0.1) is 26.4 Å². The average molecular weight is 335 g/mol. The van der Waals surface area contributed by atoms with Gasteiger partial charge in [-0.25, -0.2) is 0 Å². The van der Waals surface area contributed by atoms with Crippen molar-refractivity contribution in [2.75, 3.05) is 39.5 Å². The maximum atomic E-state index is 12.8. The molecule has 0 radical (unpaired) electrons. The number of carbonyl (C=O) groups excluding carboxylic acids is 1. The fourth-order valence-electron chi connectivity index (χ4n) is 3.20. The van der Waals surface area contributed by atoms with Crippen LogP contribution in [0.1, 0.15) is 37.0 Å². The Balaban J connectivity index is 1.69. The van der Waals surface area contributed by atoms with E-state index in [4.69, 9.17) is 18.9 Å². The molecule has 132 valence electrons. The number of benzene rings is 1. The van der Waals surface area contributed by atoms with Crippen molar-refractivity contribution in [1.29, 1.82) is 0 Å². The predicted molar refractivity (Wildman–Crippen MR) is 88.6 cm³/mol. The molecule has 2 aliphatic rings. The van der Waals surface area contributed by atoms with Crippen LogP contribution in [0, 0.1) is 0 Å². The summed E-state index contributed by atoms with van der Waals surface area (Å²) >= 11 is 0. The zero-order chi connectivity index (χ0) is 17.0. The smallest absolute Gasteiger partial charge is 0.253 e. The molecule has 1 spiro atoms. The number of nitrogens with zero attached hydrogens (tertiary/aromatic N) is 1. The molecule has 1 aromatic rings. The molecule has 2 heterocycles. The number of piperidine rings is 1. The first-order valence-electron chi connectivity index (χ1n) is 8.64. The number of likely N-dealkylation sites (tertiary alicyclic amines) is 1. The second-order valence-electron chi connectivity index (χ2n) is 5.93. The second kappa shape index (κ2) is 7.40. The van der Waals surface area contributed by atoms with E-state index in [1.165, 1.54) is 0 Å². The molecule has 2 aliphatic heterocycles. The first kappa shape index (κ1) is 17.0. The van der Waals surface area contributed by atoms with E-state index in [0.29, 0.717) is 69.4 Å². The third-order valence-electron chi connectivity index (χ3n) is 4.42. The van der Waals surface area contributed by atoms with E-state index < -0.39 is 5.79 Å². The zero-order valence-electron chi connectivity index (χ0n) is 14.4. The Morgan fingerprint density at radius 1 is 1.08 bits per heavy atom. The predicted octanol–water partition coefficient (Wildman–Crippen LogP) is 2.46. The van der Waals surface area contributed by atoms with Crippen LogP contribution >= 0.6 is 0 Å². The standard InChI is InChI=1S/C18H25NO5/c1-3-21-15-6-5-14(13-16(15)22-4-2)17(20)19-9-7-18(8-10-19)23-11-12-24-18/h5-6,13H,3-4,7-12H2,1-2H3. The van der Waals surface area contributed by atoms with Crippen LogP contribution in [0.2, 0.25) is 0 Å². The third-order valence-corrected chi connectivity index (χ3v) is 4.42. The quantitative estimate of drug-likeness (QED) is 0.827. The Morgan fingerprint density at radius 2 is 1.71 bits per heavy atom. The summed E-state index contributed by atoms with van der Waals surface area (Å²) in [6.07, 6.45) is 1.43. The van der Waals surface area contributed by atoms with E-state index in [1.807, 2.05) is 18.7 Å². The van der Waals surface area contributed by atoms with Crippen molar-refractivity contribution in [3.63, 3.8) is 0 Å². The fraction of sp³-hybridized carbons (Fsp3) is 0.611. The Bertz CT molecular complexity index is 573. The molecule has 0 aromatic heterocycles. The van der Waals surface area contributed by atoms with Crippen LogP contribution in [-0.2, 0) is 9.47 Å². The minimum atomic E-state index is -0.466. The lowest BCUT2D eigenvalue weighted by atomic mass is 10.0. The van der Waals surface area contributed by atoms with Gasteiger partial charge in [-0.2, -0.15) is 0 Å². The lowest BCUT2D eigenvalue weighted by Gasteiger charge is -2.37. The molecule has 1 aromatic carbocycles. The summed E-state index contributed by atoms with van der Waals surface area (Å²) in [5.41, 5.74) is 0.617. The molecule has 0 atom stereocenters. The van der Waals surface area contributed by atoms with Crippen LogP contribution in [0.4, 0.5) is 0 Å². The summed E-state index contributed by atoms with van der Waals surface area (Å²) in [6, 6.07) is 5.36. The molecule has 0 unspecified atom stereocenters. The molecular weight excluding hydrogens is 310 g/mol. The molecular formula is C18H25NO5. The van der Waals surface area contributed by atoms with Gasteiger partial charge in [0.25, 0.3) is 5.91 Å². The van der Waals surface area contributed by atoms with Crippen molar-refractivity contribution in [3.05, 3.63) is 23.8 Å². The summed E-state index contributed by atoms with van der Waals surface area (Å²) in [5, 5.41) is 0. The summed E-state index contributed by atoms with van der Waals surface area (Å²) in [4.78, 5) is 14.6. The molecule has 6 heteroatoms. The van der Waals surface area contributed by atoms with Crippen LogP contribution in [0.5, 0.6) is 11.5 Å². The Kier molecular flexibility index (Phi) is 5.26. The van der Waals surface area contributed by atoms with Crippen molar-refractivity contribution in [1.82, 2.24) is 4.90 Å². The Hall–Kier alpha value is -1.79. The fourth-order valence-corrected chi connectivity index (χ4v) is 3.20. The van der Waals surface area contributed by atoms with Gasteiger partial charge in [0, 0.05) is 31.5 Å². The van der Waals surface area contributed by atoms with Crippen LogP contribution in [0.25, 0.3) is 0 Å². The van der Waals surface area contributed by atoms with Crippen LogP contribution in [0.3, 0.4) is 0 Å². The van der Waals surface area contributed by atoms with Crippen molar-refractivity contribution >= 4 is 5.91 Å². The minimum absolute atomic E-state index is 0.00634. The van der Waals surface area contributed by atoms with E-state index >= 15 is 0 Å². The number of hydrogen-bond donors (Lipinski definition) is 0. The number of hydrogen-bond acceptors (Lipinski definition) is 5. The van der Waals surface area contributed by atoms with Crippen molar-refractivity contribution in [2.45, 2.75) is 32.5 Å². The van der Waals surface area contributed by atoms with Gasteiger partial charge in [0.1, 0.15) is 0 Å². The molecule has 0 aliphatic carbocycles. The first-order valence-corrected chi connectivity index (χ1v) is 8.64. The summed E-state index contributed by atoms with van der Waals surface area (Å²) in [7, 11) is 0. The van der Waals surface area contributed by atoms with E-state index in [-0.39, 0.29) is 5.91 Å². The number of rotatable bonds is 5. The highest BCUT2D eigenvalue weighted by Gasteiger charge is 2.40. The molecule has 6 nitrogen and oxygen atoms in total. The minimum Gasteiger partial charge on any atom is -0.490 e. The van der Waals surface area contributed by atoms with Gasteiger partial charge in [0.15, 0.2) is 17.3 Å². The van der Waals surface area contributed by atoms with Crippen molar-refractivity contribution in [2.24, 2.45) is 0 Å². The maximum absolute atomic E-state index is 12.8. The SMILES string of the molecule is CCOc1ccc(C(=O)N2CCC3(CC2)OCCO3)cc1OCC. The number of amides is 1. The first-order chi connectivity index (χ1) is 11.7. The van der Waals surface area contributed by atoms with Gasteiger partial charge in [-0.3, -0.25) is 4.79 Å². The molecule has 2 saturated heterocycles. The van der Waals surface area contributed by atoms with Gasteiger partial charge in [-0.05, 0) is 32.0 Å². The summed E-state index contributed by atoms with van der Waals surface area (Å²) < 4.78 is 22.6. The topological polar surface area (TPSA) is 57.2 Å². The van der Waals surface area contributed by atoms with Crippen molar-refractivity contribution in [3.8, 4) is 11.5 Å². The molecule has 3 rings (SSSR count). The summed E-state index contributed by atoms with van der Waals surface area (Å²) in [5.74, 6) is 0.820. The molecule has 0 saturated carbocycles. The molecule has 0 N–H and O–H groups in total. The normalized spacial score (nSPS) is 19.5. The molecule has 2 fully saturated rings. The van der Waals surface area contributed by atoms with E-state index in [2.05, 4.69) is 0 Å². The van der Waals surface area contributed by atoms with Gasteiger partial charge >= 0.3 is 0 Å². The summed E-state index contributed by atoms with van der Waals surface area (Å²) in [6.45, 7) is 7.47. The Labute approximate surface area is 142 Å². The van der Waals surface area contributed by atoms with Gasteiger partial charge in [0.2, 0.25) is 0 Å². The van der Waals surface area contributed by atoms with Gasteiger partial charge in [-0.15, -0.1) is 0 Å². The van der Waals surface area contributed by atoms with Gasteiger partial charge < -0.3 is 23.8 Å². The monoisotopic (exact) mass is 335 g/mol. The Morgan fingerprint density at radius 3 is 2.33 bits per heavy atom. The molecule has 1 amide bonds. The largest absolute Gasteiger partial charge is 0.490 e. The van der Waals surface area contributed by atoms with E-state index in [1.54, 1.807) is 18.2 Å². The second-order valence-corrected chi connectivity index (χ2v) is 5.93. The maximum Gasteiger partial charge on any atom is 0.253 e. The average Bonchev–Trinajstić information content (AvgIpc) is 3.05. The van der Waals surface area contributed by atoms with Gasteiger partial charge in [-0.1, -0.05) is 0 Å². The highest BCUT2D eigenvalue weighted by molar-refractivity contribution is 5.95. The number of ether oxygens (including phenoxy) is 4. The van der Waals surface area contributed by atoms with Crippen molar-refractivity contribution < 1.29 is 23.7 Å². The van der Waals surface area contributed by atoms with Crippen LogP contribution in [-0.4, -0.2) is 56.1 Å². The lowest BCUT2D eigenvalue weighted by molar-refractivity contribution is -0.181. The lowest BCUT2D eigenvalue weighted by Crippen LogP contribution is -2.47. The molecule has 24 heavy (non-hydrogen) atoms. The highest BCUT2D eigenvalue weighted by Crippen LogP contribution is 2.33. The highest BCUT2D eigenvalue weighted by atomic mass is 16.7.